The molecular weight excluding hydrogens is 358 g/mol. The maximum absolute atomic E-state index is 10.8. The highest BCUT2D eigenvalue weighted by Crippen LogP contribution is 2.26. The molecule has 1 fully saturated rings. The topological polar surface area (TPSA) is 61.4 Å². The zero-order chi connectivity index (χ0) is 16.2. The molecule has 1 aliphatic rings. The molecule has 1 saturated heterocycles. The van der Waals surface area contributed by atoms with Crippen LogP contribution in [0.1, 0.15) is 5.82 Å². The maximum Gasteiger partial charge on any atom is 0.209 e. The second-order valence-corrected chi connectivity index (χ2v) is 6.25. The molecular formula is C16H18BrN5O. The van der Waals surface area contributed by atoms with E-state index >= 15 is 0 Å². The smallest absolute Gasteiger partial charge is 0.209 e. The molecule has 7 heteroatoms. The number of halogens is 1. The van der Waals surface area contributed by atoms with Gasteiger partial charge in [-0.25, -0.2) is 9.97 Å². The summed E-state index contributed by atoms with van der Waals surface area (Å²) in [6, 6.07) is 9.86. The molecule has 0 spiro atoms. The van der Waals surface area contributed by atoms with Gasteiger partial charge in [0.15, 0.2) is 0 Å². The lowest BCUT2D eigenvalue weighted by molar-refractivity contribution is -0.118. The molecule has 0 aliphatic carbocycles. The van der Waals surface area contributed by atoms with Gasteiger partial charge >= 0.3 is 0 Å². The summed E-state index contributed by atoms with van der Waals surface area (Å²) in [6.07, 6.45) is 0.905. The fourth-order valence-electron chi connectivity index (χ4n) is 2.53. The van der Waals surface area contributed by atoms with Crippen molar-refractivity contribution in [1.82, 2.24) is 14.9 Å². The molecule has 0 unspecified atom stereocenters. The number of hydrogen-bond donors (Lipinski definition) is 1. The quantitative estimate of drug-likeness (QED) is 0.832. The van der Waals surface area contributed by atoms with E-state index in [1.165, 1.54) is 0 Å². The lowest BCUT2D eigenvalue weighted by Gasteiger charge is -2.33. The molecule has 6 nitrogen and oxygen atoms in total. The van der Waals surface area contributed by atoms with Gasteiger partial charge in [0.05, 0.1) is 5.69 Å². The summed E-state index contributed by atoms with van der Waals surface area (Å²) in [7, 11) is 0. The zero-order valence-electron chi connectivity index (χ0n) is 12.9. The number of nitrogens with one attached hydrogen (secondary N) is 1. The van der Waals surface area contributed by atoms with Gasteiger partial charge in [-0.2, -0.15) is 0 Å². The standard InChI is InChI=1S/C16H18BrN5O/c1-12-18-15(20-14-5-3-2-4-13(14)17)10-16(19-12)22-8-6-21(11-23)7-9-22/h2-5,10-11H,6-9H2,1H3,(H,18,19,20). The van der Waals surface area contributed by atoms with Gasteiger partial charge < -0.3 is 15.1 Å². The summed E-state index contributed by atoms with van der Waals surface area (Å²) in [5, 5.41) is 3.32. The number of piperazine rings is 1. The summed E-state index contributed by atoms with van der Waals surface area (Å²) in [6.45, 7) is 4.89. The normalized spacial score (nSPS) is 14.7. The van der Waals surface area contributed by atoms with Crippen molar-refractivity contribution >= 4 is 39.7 Å². The van der Waals surface area contributed by atoms with Crippen LogP contribution in [0, 0.1) is 6.92 Å². The predicted molar refractivity (Wildman–Crippen MR) is 94.0 cm³/mol. The van der Waals surface area contributed by atoms with Crippen LogP contribution in [0.5, 0.6) is 0 Å². The van der Waals surface area contributed by atoms with Crippen LogP contribution in [-0.2, 0) is 4.79 Å². The Balaban J connectivity index is 1.80. The van der Waals surface area contributed by atoms with Gasteiger partial charge in [0.1, 0.15) is 17.5 Å². The van der Waals surface area contributed by atoms with E-state index in [9.17, 15) is 4.79 Å². The predicted octanol–water partition coefficient (Wildman–Crippen LogP) is 2.57. The second kappa shape index (κ2) is 6.95. The summed E-state index contributed by atoms with van der Waals surface area (Å²) in [5.41, 5.74) is 0.960. The number of carbonyl (C=O) groups is 1. The lowest BCUT2D eigenvalue weighted by Crippen LogP contribution is -2.46. The Kier molecular flexibility index (Phi) is 4.76. The number of aryl methyl sites for hydroxylation is 1. The number of rotatable bonds is 4. The summed E-state index contributed by atoms with van der Waals surface area (Å²) < 4.78 is 0.984. The number of nitrogens with zero attached hydrogens (tertiary/aromatic N) is 4. The molecule has 1 aromatic heterocycles. The molecule has 0 radical (unpaired) electrons. The minimum absolute atomic E-state index is 0.717. The van der Waals surface area contributed by atoms with Gasteiger partial charge in [0, 0.05) is 36.7 Å². The van der Waals surface area contributed by atoms with Crippen LogP contribution in [0.4, 0.5) is 17.3 Å². The number of hydrogen-bond acceptors (Lipinski definition) is 5. The highest BCUT2D eigenvalue weighted by molar-refractivity contribution is 9.10. The van der Waals surface area contributed by atoms with E-state index in [0.717, 1.165) is 60.2 Å². The highest BCUT2D eigenvalue weighted by atomic mass is 79.9. The SMILES string of the molecule is Cc1nc(Nc2ccccc2Br)cc(N2CCN(C=O)CC2)n1. The third kappa shape index (κ3) is 3.79. The van der Waals surface area contributed by atoms with Crippen LogP contribution in [0.15, 0.2) is 34.8 Å². The van der Waals surface area contributed by atoms with Gasteiger partial charge in [-0.3, -0.25) is 4.79 Å². The molecule has 2 aromatic rings. The van der Waals surface area contributed by atoms with Crippen molar-refractivity contribution in [1.29, 1.82) is 0 Å². The van der Waals surface area contributed by atoms with E-state index in [-0.39, 0.29) is 0 Å². The average Bonchev–Trinajstić information content (AvgIpc) is 2.56. The molecule has 23 heavy (non-hydrogen) atoms. The Morgan fingerprint density at radius 1 is 1.17 bits per heavy atom. The van der Waals surface area contributed by atoms with Crippen molar-refractivity contribution < 1.29 is 4.79 Å². The first-order valence-corrected chi connectivity index (χ1v) is 8.26. The number of para-hydroxylation sites is 1. The van der Waals surface area contributed by atoms with E-state index < -0.39 is 0 Å². The van der Waals surface area contributed by atoms with Gasteiger partial charge in [-0.15, -0.1) is 0 Å². The average molecular weight is 376 g/mol. The van der Waals surface area contributed by atoms with E-state index in [2.05, 4.69) is 36.1 Å². The lowest BCUT2D eigenvalue weighted by atomic mass is 10.3. The van der Waals surface area contributed by atoms with E-state index in [4.69, 9.17) is 0 Å². The molecule has 0 saturated carbocycles. The van der Waals surface area contributed by atoms with Gasteiger partial charge in [0.2, 0.25) is 6.41 Å². The number of aromatic nitrogens is 2. The zero-order valence-corrected chi connectivity index (χ0v) is 14.5. The molecule has 1 N–H and O–H groups in total. The van der Waals surface area contributed by atoms with Crippen LogP contribution >= 0.6 is 15.9 Å². The van der Waals surface area contributed by atoms with Crippen LogP contribution in [0.25, 0.3) is 0 Å². The fraction of sp³-hybridized carbons (Fsp3) is 0.312. The van der Waals surface area contributed by atoms with Crippen molar-refractivity contribution in [3.05, 3.63) is 40.6 Å². The Morgan fingerprint density at radius 2 is 1.91 bits per heavy atom. The number of carbonyl (C=O) groups excluding carboxylic acids is 1. The van der Waals surface area contributed by atoms with E-state index in [1.807, 2.05) is 37.3 Å². The van der Waals surface area contributed by atoms with Crippen LogP contribution in [0.2, 0.25) is 0 Å². The summed E-state index contributed by atoms with van der Waals surface area (Å²) in [4.78, 5) is 23.8. The molecule has 2 heterocycles. The second-order valence-electron chi connectivity index (χ2n) is 5.39. The van der Waals surface area contributed by atoms with Crippen LogP contribution < -0.4 is 10.2 Å². The molecule has 0 bridgehead atoms. The largest absolute Gasteiger partial charge is 0.353 e. The Bertz CT molecular complexity index is 701. The third-order valence-corrected chi connectivity index (χ3v) is 4.44. The van der Waals surface area contributed by atoms with E-state index in [1.54, 1.807) is 4.90 Å². The minimum atomic E-state index is 0.717. The number of benzene rings is 1. The third-order valence-electron chi connectivity index (χ3n) is 3.75. The highest BCUT2D eigenvalue weighted by Gasteiger charge is 2.17. The molecule has 3 rings (SSSR count). The molecule has 1 aromatic carbocycles. The number of anilines is 3. The monoisotopic (exact) mass is 375 g/mol. The molecule has 120 valence electrons. The van der Waals surface area contributed by atoms with Crippen molar-refractivity contribution in [2.45, 2.75) is 6.92 Å². The van der Waals surface area contributed by atoms with Crippen molar-refractivity contribution in [2.24, 2.45) is 0 Å². The van der Waals surface area contributed by atoms with Crippen molar-refractivity contribution in [3.63, 3.8) is 0 Å². The summed E-state index contributed by atoms with van der Waals surface area (Å²) >= 11 is 3.53. The molecule has 1 aliphatic heterocycles. The molecule has 1 amide bonds. The van der Waals surface area contributed by atoms with Gasteiger partial charge in [0.25, 0.3) is 0 Å². The first kappa shape index (κ1) is 15.7. The number of amides is 1. The van der Waals surface area contributed by atoms with Crippen molar-refractivity contribution in [2.75, 3.05) is 36.4 Å². The minimum Gasteiger partial charge on any atom is -0.353 e. The Labute approximate surface area is 143 Å². The van der Waals surface area contributed by atoms with Crippen LogP contribution in [-0.4, -0.2) is 47.5 Å². The Morgan fingerprint density at radius 3 is 2.61 bits per heavy atom. The van der Waals surface area contributed by atoms with E-state index in [0.29, 0.717) is 0 Å². The van der Waals surface area contributed by atoms with Crippen molar-refractivity contribution in [3.8, 4) is 0 Å². The van der Waals surface area contributed by atoms with Gasteiger partial charge in [-0.1, -0.05) is 12.1 Å². The summed E-state index contributed by atoms with van der Waals surface area (Å²) in [5.74, 6) is 2.37. The van der Waals surface area contributed by atoms with Gasteiger partial charge in [-0.05, 0) is 35.0 Å². The first-order chi connectivity index (χ1) is 11.2. The molecule has 0 atom stereocenters. The first-order valence-electron chi connectivity index (χ1n) is 7.47. The fourth-order valence-corrected chi connectivity index (χ4v) is 2.92. The maximum atomic E-state index is 10.8. The van der Waals surface area contributed by atoms with Crippen LogP contribution in [0.3, 0.4) is 0 Å². The Hall–Kier alpha value is -2.15.